The summed E-state index contributed by atoms with van der Waals surface area (Å²) in [4.78, 5) is 24.8. The molecule has 0 aliphatic carbocycles. The Morgan fingerprint density at radius 1 is 1.40 bits per heavy atom. The predicted octanol–water partition coefficient (Wildman–Crippen LogP) is 1.95. The number of nitrogens with one attached hydrogen (secondary N) is 1. The highest BCUT2D eigenvalue weighted by atomic mass is 16.6. The zero-order chi connectivity index (χ0) is 14.5. The van der Waals surface area contributed by atoms with Gasteiger partial charge in [0.1, 0.15) is 6.10 Å². The number of hydrogen-bond acceptors (Lipinski definition) is 3. The Morgan fingerprint density at radius 2 is 2.10 bits per heavy atom. The average Bonchev–Trinajstić information content (AvgIpc) is 2.81. The lowest BCUT2D eigenvalue weighted by molar-refractivity contribution is -0.124. The third kappa shape index (κ3) is 3.50. The molecule has 2 amide bonds. The van der Waals surface area contributed by atoms with Crippen LogP contribution in [0.15, 0.2) is 30.3 Å². The summed E-state index contributed by atoms with van der Waals surface area (Å²) in [7, 11) is 0. The first kappa shape index (κ1) is 14.4. The molecule has 108 valence electrons. The lowest BCUT2D eigenvalue weighted by atomic mass is 10.1. The zero-order valence-corrected chi connectivity index (χ0v) is 11.8. The van der Waals surface area contributed by atoms with Gasteiger partial charge in [0.15, 0.2) is 0 Å². The van der Waals surface area contributed by atoms with E-state index < -0.39 is 0 Å². The van der Waals surface area contributed by atoms with Crippen molar-refractivity contribution in [2.75, 3.05) is 19.6 Å². The van der Waals surface area contributed by atoms with E-state index in [0.29, 0.717) is 19.6 Å². The highest BCUT2D eigenvalue weighted by molar-refractivity contribution is 5.77. The van der Waals surface area contributed by atoms with Crippen LogP contribution < -0.4 is 5.32 Å². The summed E-state index contributed by atoms with van der Waals surface area (Å²) in [5, 5.41) is 2.80. The molecule has 0 aromatic heterocycles. The summed E-state index contributed by atoms with van der Waals surface area (Å²) in [5.41, 5.74) is 0.995. The van der Waals surface area contributed by atoms with E-state index in [-0.39, 0.29) is 24.0 Å². The van der Waals surface area contributed by atoms with Crippen LogP contribution >= 0.6 is 0 Å². The molecule has 20 heavy (non-hydrogen) atoms. The topological polar surface area (TPSA) is 58.6 Å². The van der Waals surface area contributed by atoms with Crippen molar-refractivity contribution in [3.63, 3.8) is 0 Å². The minimum atomic E-state index is -0.322. The first-order valence-corrected chi connectivity index (χ1v) is 6.86. The average molecular weight is 276 g/mol. The number of benzene rings is 1. The minimum Gasteiger partial charge on any atom is -0.439 e. The number of carbonyl (C=O) groups is 2. The van der Waals surface area contributed by atoms with Crippen molar-refractivity contribution in [3.8, 4) is 0 Å². The molecule has 0 bridgehead atoms. The molecule has 5 nitrogen and oxygen atoms in total. The number of hydrogen-bond donors (Lipinski definition) is 1. The van der Waals surface area contributed by atoms with Gasteiger partial charge in [-0.1, -0.05) is 44.2 Å². The van der Waals surface area contributed by atoms with Crippen molar-refractivity contribution in [1.29, 1.82) is 0 Å². The van der Waals surface area contributed by atoms with Gasteiger partial charge in [0.25, 0.3) is 0 Å². The van der Waals surface area contributed by atoms with Gasteiger partial charge in [-0.15, -0.1) is 0 Å². The maximum atomic E-state index is 11.8. The van der Waals surface area contributed by atoms with Gasteiger partial charge >= 0.3 is 6.09 Å². The van der Waals surface area contributed by atoms with Gasteiger partial charge in [0.05, 0.1) is 6.54 Å². The summed E-state index contributed by atoms with van der Waals surface area (Å²) in [6.07, 6.45) is -0.540. The minimum absolute atomic E-state index is 0.00262. The first-order valence-electron chi connectivity index (χ1n) is 6.86. The zero-order valence-electron chi connectivity index (χ0n) is 11.8. The molecule has 0 radical (unpaired) electrons. The van der Waals surface area contributed by atoms with Crippen molar-refractivity contribution in [2.24, 2.45) is 5.92 Å². The molecule has 1 aromatic carbocycles. The van der Waals surface area contributed by atoms with Crippen LogP contribution in [0, 0.1) is 5.92 Å². The molecule has 1 unspecified atom stereocenters. The van der Waals surface area contributed by atoms with E-state index in [9.17, 15) is 9.59 Å². The van der Waals surface area contributed by atoms with Crippen LogP contribution in [0.4, 0.5) is 4.79 Å². The summed E-state index contributed by atoms with van der Waals surface area (Å²) >= 11 is 0. The van der Waals surface area contributed by atoms with Crippen LogP contribution in [-0.2, 0) is 9.53 Å². The summed E-state index contributed by atoms with van der Waals surface area (Å²) < 4.78 is 5.34. The molecule has 1 heterocycles. The smallest absolute Gasteiger partial charge is 0.410 e. The van der Waals surface area contributed by atoms with Gasteiger partial charge in [0, 0.05) is 19.0 Å². The Kier molecular flexibility index (Phi) is 4.61. The van der Waals surface area contributed by atoms with E-state index in [1.54, 1.807) is 4.90 Å². The first-order chi connectivity index (χ1) is 9.58. The lowest BCUT2D eigenvalue weighted by Gasteiger charge is -2.14. The fourth-order valence-corrected chi connectivity index (χ4v) is 2.05. The molecular weight excluding hydrogens is 256 g/mol. The maximum absolute atomic E-state index is 11.8. The molecular formula is C15H20N2O3. The van der Waals surface area contributed by atoms with E-state index in [4.69, 9.17) is 4.74 Å². The van der Waals surface area contributed by atoms with Gasteiger partial charge in [-0.2, -0.15) is 0 Å². The number of ether oxygens (including phenoxy) is 1. The molecule has 1 aliphatic heterocycles. The largest absolute Gasteiger partial charge is 0.439 e. The second-order valence-electron chi connectivity index (χ2n) is 5.17. The van der Waals surface area contributed by atoms with E-state index in [1.807, 2.05) is 44.2 Å². The maximum Gasteiger partial charge on any atom is 0.410 e. The SMILES string of the molecule is CC(C)C(=O)NCCN1CC(c2ccccc2)OC1=O. The monoisotopic (exact) mass is 276 g/mol. The Hall–Kier alpha value is -2.04. The van der Waals surface area contributed by atoms with Crippen molar-refractivity contribution < 1.29 is 14.3 Å². The fraction of sp³-hybridized carbons (Fsp3) is 0.467. The number of carbonyl (C=O) groups excluding carboxylic acids is 2. The van der Waals surface area contributed by atoms with E-state index in [2.05, 4.69) is 5.32 Å². The molecule has 5 heteroatoms. The van der Waals surface area contributed by atoms with Crippen molar-refractivity contribution in [3.05, 3.63) is 35.9 Å². The van der Waals surface area contributed by atoms with E-state index in [0.717, 1.165) is 5.56 Å². The lowest BCUT2D eigenvalue weighted by Crippen LogP contribution is -2.37. The molecule has 1 aliphatic rings. The van der Waals surface area contributed by atoms with Gasteiger partial charge in [0.2, 0.25) is 5.91 Å². The number of rotatable bonds is 5. The Labute approximate surface area is 118 Å². The number of nitrogens with zero attached hydrogens (tertiary/aromatic N) is 1. The van der Waals surface area contributed by atoms with Gasteiger partial charge < -0.3 is 15.0 Å². The van der Waals surface area contributed by atoms with E-state index in [1.165, 1.54) is 0 Å². The molecule has 1 saturated heterocycles. The standard InChI is InChI=1S/C15H20N2O3/c1-11(2)14(18)16-8-9-17-10-13(20-15(17)19)12-6-4-3-5-7-12/h3-7,11,13H,8-10H2,1-2H3,(H,16,18). The van der Waals surface area contributed by atoms with Gasteiger partial charge in [-0.25, -0.2) is 4.79 Å². The molecule has 0 spiro atoms. The van der Waals surface area contributed by atoms with Crippen LogP contribution in [0.3, 0.4) is 0 Å². The summed E-state index contributed by atoms with van der Waals surface area (Å²) in [6, 6.07) is 9.67. The Morgan fingerprint density at radius 3 is 2.75 bits per heavy atom. The van der Waals surface area contributed by atoms with Crippen LogP contribution in [0.5, 0.6) is 0 Å². The van der Waals surface area contributed by atoms with Crippen LogP contribution in [0.1, 0.15) is 25.5 Å². The summed E-state index contributed by atoms with van der Waals surface area (Å²) in [6.45, 7) is 5.13. The van der Waals surface area contributed by atoms with Crippen molar-refractivity contribution >= 4 is 12.0 Å². The molecule has 0 saturated carbocycles. The molecule has 1 aromatic rings. The van der Waals surface area contributed by atoms with Crippen molar-refractivity contribution in [2.45, 2.75) is 20.0 Å². The number of amides is 2. The second kappa shape index (κ2) is 6.41. The normalized spacial score (nSPS) is 18.2. The predicted molar refractivity (Wildman–Crippen MR) is 75.1 cm³/mol. The third-order valence-electron chi connectivity index (χ3n) is 3.26. The molecule has 2 rings (SSSR count). The highest BCUT2D eigenvalue weighted by Gasteiger charge is 2.31. The number of cyclic esters (lactones) is 1. The van der Waals surface area contributed by atoms with Crippen LogP contribution in [0.2, 0.25) is 0 Å². The second-order valence-corrected chi connectivity index (χ2v) is 5.17. The fourth-order valence-electron chi connectivity index (χ4n) is 2.05. The summed E-state index contributed by atoms with van der Waals surface area (Å²) in [5.74, 6) is -0.0465. The Bertz CT molecular complexity index is 473. The Balaban J connectivity index is 1.83. The molecule has 1 atom stereocenters. The third-order valence-corrected chi connectivity index (χ3v) is 3.26. The highest BCUT2D eigenvalue weighted by Crippen LogP contribution is 2.25. The quantitative estimate of drug-likeness (QED) is 0.894. The van der Waals surface area contributed by atoms with Gasteiger partial charge in [-0.05, 0) is 5.56 Å². The van der Waals surface area contributed by atoms with Crippen LogP contribution in [0.25, 0.3) is 0 Å². The van der Waals surface area contributed by atoms with Crippen molar-refractivity contribution in [1.82, 2.24) is 10.2 Å². The van der Waals surface area contributed by atoms with E-state index >= 15 is 0 Å². The molecule has 1 N–H and O–H groups in total. The van der Waals surface area contributed by atoms with Gasteiger partial charge in [-0.3, -0.25) is 4.79 Å². The van der Waals surface area contributed by atoms with Crippen LogP contribution in [-0.4, -0.2) is 36.5 Å². The molecule has 1 fully saturated rings.